The zero-order chi connectivity index (χ0) is 9.68. The fourth-order valence-corrected chi connectivity index (χ4v) is 1.75. The second kappa shape index (κ2) is 5.42. The summed E-state index contributed by atoms with van der Waals surface area (Å²) in [6.45, 7) is 2.18. The van der Waals surface area contributed by atoms with E-state index in [1.54, 1.807) is 24.0 Å². The molecule has 0 radical (unpaired) electrons. The minimum Gasteiger partial charge on any atom is -0.396 e. The van der Waals surface area contributed by atoms with E-state index in [-0.39, 0.29) is 17.8 Å². The van der Waals surface area contributed by atoms with Crippen LogP contribution in [0.1, 0.15) is 6.92 Å². The smallest absolute Gasteiger partial charge is 0.223 e. The predicted molar refractivity (Wildman–Crippen MR) is 54.0 cm³/mol. The number of aliphatic hydroxyl groups is 1. The molecule has 5 heteroatoms. The summed E-state index contributed by atoms with van der Waals surface area (Å²) in [4.78, 5) is 7.79. The van der Waals surface area contributed by atoms with Crippen LogP contribution in [0.3, 0.4) is 0 Å². The van der Waals surface area contributed by atoms with Gasteiger partial charge in [0.2, 0.25) is 5.28 Å². The third-order valence-corrected chi connectivity index (χ3v) is 2.87. The highest BCUT2D eigenvalue weighted by Crippen LogP contribution is 2.18. The number of thioether (sulfide) groups is 1. The molecule has 1 N–H and O–H groups in total. The lowest BCUT2D eigenvalue weighted by Crippen LogP contribution is -2.03. The average Bonchev–Trinajstić information content (AvgIpc) is 2.14. The highest BCUT2D eigenvalue weighted by Gasteiger charge is 2.02. The molecule has 13 heavy (non-hydrogen) atoms. The van der Waals surface area contributed by atoms with Gasteiger partial charge in [0.1, 0.15) is 5.03 Å². The van der Waals surface area contributed by atoms with Gasteiger partial charge in [-0.2, -0.15) is 0 Å². The molecule has 0 saturated carbocycles. The van der Waals surface area contributed by atoms with Crippen molar-refractivity contribution in [2.45, 2.75) is 11.9 Å². The monoisotopic (exact) mass is 218 g/mol. The van der Waals surface area contributed by atoms with Crippen LogP contribution >= 0.6 is 23.4 Å². The predicted octanol–water partition coefficient (Wildman–Crippen LogP) is 1.85. The Morgan fingerprint density at radius 1 is 1.69 bits per heavy atom. The summed E-state index contributed by atoms with van der Waals surface area (Å²) in [5.41, 5.74) is 0. The zero-order valence-corrected chi connectivity index (χ0v) is 8.85. The third-order valence-electron chi connectivity index (χ3n) is 1.43. The van der Waals surface area contributed by atoms with Gasteiger partial charge in [-0.1, -0.05) is 6.92 Å². The van der Waals surface area contributed by atoms with Crippen LogP contribution in [0.2, 0.25) is 5.28 Å². The Morgan fingerprint density at radius 2 is 2.46 bits per heavy atom. The van der Waals surface area contributed by atoms with Crippen LogP contribution in [-0.4, -0.2) is 27.4 Å². The Balaban J connectivity index is 2.45. The molecule has 0 amide bonds. The van der Waals surface area contributed by atoms with E-state index in [0.717, 1.165) is 10.8 Å². The summed E-state index contributed by atoms with van der Waals surface area (Å²) in [5, 5.41) is 9.91. The molecule has 1 heterocycles. The van der Waals surface area contributed by atoms with Crippen molar-refractivity contribution < 1.29 is 5.11 Å². The molecule has 1 unspecified atom stereocenters. The lowest BCUT2D eigenvalue weighted by Gasteiger charge is -2.05. The summed E-state index contributed by atoms with van der Waals surface area (Å²) in [6.07, 6.45) is 1.63. The highest BCUT2D eigenvalue weighted by atomic mass is 35.5. The fraction of sp³-hybridized carbons (Fsp3) is 0.500. The number of nitrogens with zero attached hydrogens (tertiary/aromatic N) is 2. The lowest BCUT2D eigenvalue weighted by atomic mass is 10.2. The first kappa shape index (κ1) is 10.8. The molecule has 0 bridgehead atoms. The normalized spacial score (nSPS) is 12.8. The number of halogens is 1. The molecule has 1 aromatic heterocycles. The van der Waals surface area contributed by atoms with E-state index in [9.17, 15) is 0 Å². The first-order valence-corrected chi connectivity index (χ1v) is 5.31. The molecule has 0 aromatic carbocycles. The van der Waals surface area contributed by atoms with Gasteiger partial charge in [-0.15, -0.1) is 11.8 Å². The second-order valence-electron chi connectivity index (χ2n) is 2.76. The van der Waals surface area contributed by atoms with Crippen LogP contribution in [0, 0.1) is 5.92 Å². The van der Waals surface area contributed by atoms with Gasteiger partial charge in [-0.05, 0) is 23.6 Å². The van der Waals surface area contributed by atoms with Gasteiger partial charge in [0.15, 0.2) is 0 Å². The van der Waals surface area contributed by atoms with E-state index in [1.807, 2.05) is 6.92 Å². The van der Waals surface area contributed by atoms with Crippen molar-refractivity contribution in [1.29, 1.82) is 0 Å². The number of rotatable bonds is 4. The van der Waals surface area contributed by atoms with Crippen LogP contribution in [0.15, 0.2) is 17.3 Å². The molecule has 1 aromatic rings. The molecule has 0 spiro atoms. The van der Waals surface area contributed by atoms with Gasteiger partial charge < -0.3 is 5.11 Å². The topological polar surface area (TPSA) is 46.0 Å². The Hall–Kier alpha value is -0.320. The molecule has 72 valence electrons. The van der Waals surface area contributed by atoms with Crippen molar-refractivity contribution in [1.82, 2.24) is 9.97 Å². The van der Waals surface area contributed by atoms with Crippen LogP contribution in [0.4, 0.5) is 0 Å². The number of hydrogen-bond acceptors (Lipinski definition) is 4. The van der Waals surface area contributed by atoms with Crippen molar-refractivity contribution in [3.63, 3.8) is 0 Å². The molecular weight excluding hydrogens is 208 g/mol. The maximum Gasteiger partial charge on any atom is 0.223 e. The van der Waals surface area contributed by atoms with Crippen molar-refractivity contribution in [3.05, 3.63) is 17.5 Å². The van der Waals surface area contributed by atoms with Gasteiger partial charge in [-0.25, -0.2) is 9.97 Å². The largest absolute Gasteiger partial charge is 0.396 e. The van der Waals surface area contributed by atoms with E-state index < -0.39 is 0 Å². The zero-order valence-electron chi connectivity index (χ0n) is 7.27. The maximum absolute atomic E-state index is 8.80. The molecule has 1 atom stereocenters. The summed E-state index contributed by atoms with van der Waals surface area (Å²) in [7, 11) is 0. The first-order chi connectivity index (χ1) is 6.22. The van der Waals surface area contributed by atoms with Crippen LogP contribution in [-0.2, 0) is 0 Å². The van der Waals surface area contributed by atoms with Gasteiger partial charge in [0.25, 0.3) is 0 Å². The van der Waals surface area contributed by atoms with E-state index in [4.69, 9.17) is 16.7 Å². The Labute approximate surface area is 86.6 Å². The minimum atomic E-state index is 0.200. The van der Waals surface area contributed by atoms with Gasteiger partial charge in [0.05, 0.1) is 0 Å². The van der Waals surface area contributed by atoms with Crippen molar-refractivity contribution in [3.8, 4) is 0 Å². The quantitative estimate of drug-likeness (QED) is 0.476. The molecule has 0 aliphatic heterocycles. The minimum absolute atomic E-state index is 0.200. The first-order valence-electron chi connectivity index (χ1n) is 3.94. The maximum atomic E-state index is 8.80. The van der Waals surface area contributed by atoms with E-state index >= 15 is 0 Å². The molecular formula is C8H11ClN2OS. The summed E-state index contributed by atoms with van der Waals surface area (Å²) in [5.74, 6) is 1.11. The molecule has 1 rings (SSSR count). The van der Waals surface area contributed by atoms with Crippen LogP contribution < -0.4 is 0 Å². The van der Waals surface area contributed by atoms with Gasteiger partial charge in [-0.3, -0.25) is 0 Å². The highest BCUT2D eigenvalue weighted by molar-refractivity contribution is 7.99. The summed E-state index contributed by atoms with van der Waals surface area (Å²) < 4.78 is 0. The Bertz CT molecular complexity index is 272. The number of hydrogen-bond donors (Lipinski definition) is 1. The standard InChI is InChI=1S/C8H11ClN2OS/c1-6(4-12)5-13-7-2-3-10-8(9)11-7/h2-3,6,12H,4-5H2,1H3. The Morgan fingerprint density at radius 3 is 3.08 bits per heavy atom. The van der Waals surface area contributed by atoms with E-state index in [1.165, 1.54) is 0 Å². The number of aliphatic hydroxyl groups excluding tert-OH is 1. The number of aromatic nitrogens is 2. The molecule has 3 nitrogen and oxygen atoms in total. The fourth-order valence-electron chi connectivity index (χ4n) is 0.680. The van der Waals surface area contributed by atoms with Gasteiger partial charge >= 0.3 is 0 Å². The summed E-state index contributed by atoms with van der Waals surface area (Å²) >= 11 is 7.18. The average molecular weight is 219 g/mol. The Kier molecular flexibility index (Phi) is 4.48. The molecule has 0 saturated heterocycles. The molecule has 0 aliphatic rings. The van der Waals surface area contributed by atoms with E-state index in [2.05, 4.69) is 9.97 Å². The third kappa shape index (κ3) is 3.93. The van der Waals surface area contributed by atoms with E-state index in [0.29, 0.717) is 0 Å². The van der Waals surface area contributed by atoms with Crippen LogP contribution in [0.5, 0.6) is 0 Å². The molecule has 0 aliphatic carbocycles. The van der Waals surface area contributed by atoms with Gasteiger partial charge in [0, 0.05) is 18.6 Å². The van der Waals surface area contributed by atoms with Crippen LogP contribution in [0.25, 0.3) is 0 Å². The van der Waals surface area contributed by atoms with Crippen molar-refractivity contribution in [2.24, 2.45) is 5.92 Å². The lowest BCUT2D eigenvalue weighted by molar-refractivity contribution is 0.250. The SMILES string of the molecule is CC(CO)CSc1ccnc(Cl)n1. The summed E-state index contributed by atoms with van der Waals surface area (Å²) in [6, 6.07) is 1.81. The van der Waals surface area contributed by atoms with Crippen molar-refractivity contribution >= 4 is 23.4 Å². The molecule has 0 fully saturated rings. The van der Waals surface area contributed by atoms with Crippen molar-refractivity contribution in [2.75, 3.05) is 12.4 Å². The second-order valence-corrected chi connectivity index (χ2v) is 4.14.